The Labute approximate surface area is 208 Å². The Balaban J connectivity index is 1.94. The minimum Gasteiger partial charge on any atom is -0.478 e. The van der Waals surface area contributed by atoms with E-state index in [9.17, 15) is 36.6 Å². The van der Waals surface area contributed by atoms with E-state index in [0.29, 0.717) is 23.5 Å². The molecule has 36 heavy (non-hydrogen) atoms. The van der Waals surface area contributed by atoms with E-state index in [-0.39, 0.29) is 29.2 Å². The zero-order valence-electron chi connectivity index (χ0n) is 19.4. The van der Waals surface area contributed by atoms with Crippen molar-refractivity contribution in [3.8, 4) is 0 Å². The summed E-state index contributed by atoms with van der Waals surface area (Å²) < 4.78 is 72.4. The van der Waals surface area contributed by atoms with E-state index in [1.807, 2.05) is 18.7 Å². The number of rotatable bonds is 7. The number of aromatic carboxylic acids is 1. The van der Waals surface area contributed by atoms with Gasteiger partial charge in [0, 0.05) is 25.2 Å². The van der Waals surface area contributed by atoms with Crippen LogP contribution in [0.2, 0.25) is 5.02 Å². The van der Waals surface area contributed by atoms with E-state index < -0.39 is 47.7 Å². The maximum atomic E-state index is 13.3. The smallest absolute Gasteiger partial charge is 0.436 e. The molecule has 2 N–H and O–H groups in total. The van der Waals surface area contributed by atoms with Crippen molar-refractivity contribution in [2.45, 2.75) is 58.0 Å². The number of carboxylic acids is 1. The molecule has 1 fully saturated rings. The summed E-state index contributed by atoms with van der Waals surface area (Å²) in [6.07, 6.45) is -9.44. The molecule has 1 aliphatic rings. The van der Waals surface area contributed by atoms with Crippen molar-refractivity contribution in [2.75, 3.05) is 23.3 Å². The zero-order valence-corrected chi connectivity index (χ0v) is 20.2. The minimum absolute atomic E-state index is 0.109. The van der Waals surface area contributed by atoms with Gasteiger partial charge in [0.25, 0.3) is 0 Å². The lowest BCUT2D eigenvalue weighted by atomic mass is 10.1. The maximum Gasteiger partial charge on any atom is 0.436 e. The molecule has 1 saturated heterocycles. The van der Waals surface area contributed by atoms with Gasteiger partial charge in [-0.3, -0.25) is 9.48 Å². The first-order valence-electron chi connectivity index (χ1n) is 10.9. The molecule has 1 aromatic carbocycles. The molecule has 0 bridgehead atoms. The van der Waals surface area contributed by atoms with Crippen LogP contribution in [-0.4, -0.2) is 58.5 Å². The molecule has 1 aliphatic heterocycles. The lowest BCUT2D eigenvalue weighted by Crippen LogP contribution is -2.45. The van der Waals surface area contributed by atoms with Gasteiger partial charge in [0.15, 0.2) is 5.69 Å². The summed E-state index contributed by atoms with van der Waals surface area (Å²) in [5.74, 6) is -2.57. The third-order valence-corrected chi connectivity index (χ3v) is 6.07. The van der Waals surface area contributed by atoms with Crippen molar-refractivity contribution in [1.82, 2.24) is 9.78 Å². The molecule has 0 spiro atoms. The first-order chi connectivity index (χ1) is 16.7. The number of morpholine rings is 1. The molecule has 0 radical (unpaired) electrons. The number of anilines is 2. The van der Waals surface area contributed by atoms with Crippen LogP contribution >= 0.6 is 11.6 Å². The molecule has 2 aromatic rings. The first kappa shape index (κ1) is 27.7. The highest BCUT2D eigenvalue weighted by Crippen LogP contribution is 2.37. The SMILES string of the molecule is Cc1c(Cl)c(C(F)(F)F)nn1[C@@H](CC(F)F)C(=O)Nc1ccc(N2CC(C)O[C@@H](C)C2)cc1C(=O)O. The highest BCUT2D eigenvalue weighted by molar-refractivity contribution is 6.32. The monoisotopic (exact) mass is 538 g/mol. The molecule has 0 aliphatic carbocycles. The van der Waals surface area contributed by atoms with Crippen molar-refractivity contribution < 1.29 is 41.4 Å². The van der Waals surface area contributed by atoms with E-state index in [4.69, 9.17) is 16.3 Å². The Kier molecular flexibility index (Phi) is 8.13. The van der Waals surface area contributed by atoms with Gasteiger partial charge in [0.2, 0.25) is 12.3 Å². The standard InChI is InChI=1S/C22H24ClF5N4O4/c1-10-8-31(9-11(2)36-10)13-4-5-15(14(6-13)21(34)35)29-20(33)16(7-17(24)25)32-12(3)18(23)19(30-32)22(26,27)28/h4-6,10-11,16-17H,7-9H2,1-3H3,(H,29,33)(H,34,35)/t10-,11?,16-/m0/s1. The molecular formula is C22H24ClF5N4O4. The highest BCUT2D eigenvalue weighted by atomic mass is 35.5. The fourth-order valence-corrected chi connectivity index (χ4v) is 4.32. The van der Waals surface area contributed by atoms with Gasteiger partial charge in [0.1, 0.15) is 6.04 Å². The molecule has 0 saturated carbocycles. The Bertz CT molecular complexity index is 1130. The number of carboxylic acid groups (broad SMARTS) is 1. The van der Waals surface area contributed by atoms with Crippen molar-refractivity contribution in [1.29, 1.82) is 0 Å². The predicted molar refractivity (Wildman–Crippen MR) is 121 cm³/mol. The number of hydrogen-bond donors (Lipinski definition) is 2. The zero-order chi connectivity index (χ0) is 26.9. The van der Waals surface area contributed by atoms with Crippen LogP contribution in [0.4, 0.5) is 33.3 Å². The number of ether oxygens (including phenoxy) is 1. The highest BCUT2D eigenvalue weighted by Gasteiger charge is 2.40. The van der Waals surface area contributed by atoms with E-state index in [1.165, 1.54) is 12.1 Å². The van der Waals surface area contributed by atoms with Crippen LogP contribution in [0, 0.1) is 6.92 Å². The summed E-state index contributed by atoms with van der Waals surface area (Å²) >= 11 is 5.71. The lowest BCUT2D eigenvalue weighted by molar-refractivity contribution is -0.141. The third kappa shape index (κ3) is 6.06. The average Bonchev–Trinajstić information content (AvgIpc) is 3.06. The maximum absolute atomic E-state index is 13.3. The van der Waals surface area contributed by atoms with Crippen molar-refractivity contribution in [2.24, 2.45) is 0 Å². The van der Waals surface area contributed by atoms with E-state index in [2.05, 4.69) is 10.4 Å². The van der Waals surface area contributed by atoms with Crippen LogP contribution in [0.15, 0.2) is 18.2 Å². The molecule has 8 nitrogen and oxygen atoms in total. The fraction of sp³-hybridized carbons (Fsp3) is 0.500. The number of carbonyl (C=O) groups is 2. The Morgan fingerprint density at radius 2 is 1.86 bits per heavy atom. The molecule has 3 atom stereocenters. The number of halogens is 6. The second-order valence-corrected chi connectivity index (χ2v) is 8.90. The third-order valence-electron chi connectivity index (χ3n) is 5.62. The summed E-state index contributed by atoms with van der Waals surface area (Å²) in [6, 6.07) is 2.28. The lowest BCUT2D eigenvalue weighted by Gasteiger charge is -2.37. The molecule has 1 amide bonds. The average molecular weight is 539 g/mol. The summed E-state index contributed by atoms with van der Waals surface area (Å²) in [5.41, 5.74) is -1.85. The Morgan fingerprint density at radius 3 is 2.36 bits per heavy atom. The van der Waals surface area contributed by atoms with Gasteiger partial charge in [-0.25, -0.2) is 13.6 Å². The van der Waals surface area contributed by atoms with Crippen LogP contribution in [0.1, 0.15) is 48.1 Å². The molecule has 14 heteroatoms. The number of carbonyl (C=O) groups excluding carboxylic acids is 1. The number of hydrogen-bond acceptors (Lipinski definition) is 5. The number of alkyl halides is 5. The summed E-state index contributed by atoms with van der Waals surface area (Å²) in [4.78, 5) is 26.8. The van der Waals surface area contributed by atoms with Gasteiger partial charge in [0.05, 0.1) is 34.2 Å². The van der Waals surface area contributed by atoms with Crippen LogP contribution in [-0.2, 0) is 15.7 Å². The fourth-order valence-electron chi connectivity index (χ4n) is 4.09. The second-order valence-electron chi connectivity index (χ2n) is 8.52. The number of amides is 1. The first-order valence-corrected chi connectivity index (χ1v) is 11.2. The van der Waals surface area contributed by atoms with Gasteiger partial charge in [-0.05, 0) is 39.0 Å². The normalized spacial score (nSPS) is 19.4. The van der Waals surface area contributed by atoms with Gasteiger partial charge >= 0.3 is 12.1 Å². The Hall–Kier alpha value is -2.93. The minimum atomic E-state index is -4.97. The molecule has 1 unspecified atom stereocenters. The summed E-state index contributed by atoms with van der Waals surface area (Å²) in [6.45, 7) is 5.83. The van der Waals surface area contributed by atoms with Crippen LogP contribution in [0.3, 0.4) is 0 Å². The summed E-state index contributed by atoms with van der Waals surface area (Å²) in [7, 11) is 0. The van der Waals surface area contributed by atoms with Gasteiger partial charge in [-0.15, -0.1) is 0 Å². The van der Waals surface area contributed by atoms with Gasteiger partial charge < -0.3 is 20.1 Å². The quantitative estimate of drug-likeness (QED) is 0.481. The number of nitrogens with one attached hydrogen (secondary N) is 1. The molecule has 3 rings (SSSR count). The van der Waals surface area contributed by atoms with E-state index >= 15 is 0 Å². The van der Waals surface area contributed by atoms with Crippen molar-refractivity contribution in [3.05, 3.63) is 40.2 Å². The number of aromatic nitrogens is 2. The molecular weight excluding hydrogens is 515 g/mol. The molecule has 198 valence electrons. The number of nitrogens with zero attached hydrogens (tertiary/aromatic N) is 3. The van der Waals surface area contributed by atoms with Crippen LogP contribution < -0.4 is 10.2 Å². The molecule has 1 aromatic heterocycles. The Morgan fingerprint density at radius 1 is 1.25 bits per heavy atom. The summed E-state index contributed by atoms with van der Waals surface area (Å²) in [5, 5.41) is 14.4. The van der Waals surface area contributed by atoms with E-state index in [1.54, 1.807) is 6.07 Å². The van der Waals surface area contributed by atoms with E-state index in [0.717, 1.165) is 6.92 Å². The van der Waals surface area contributed by atoms with Crippen molar-refractivity contribution in [3.63, 3.8) is 0 Å². The van der Waals surface area contributed by atoms with Gasteiger partial charge in [-0.2, -0.15) is 18.3 Å². The number of benzene rings is 1. The van der Waals surface area contributed by atoms with Gasteiger partial charge in [-0.1, -0.05) is 11.6 Å². The molecule has 2 heterocycles. The van der Waals surface area contributed by atoms with Crippen molar-refractivity contribution >= 4 is 34.9 Å². The topological polar surface area (TPSA) is 96.7 Å². The van der Waals surface area contributed by atoms with Crippen LogP contribution in [0.25, 0.3) is 0 Å². The predicted octanol–water partition coefficient (Wildman–Crippen LogP) is 5.01. The largest absolute Gasteiger partial charge is 0.478 e. The second kappa shape index (κ2) is 10.6. The van der Waals surface area contributed by atoms with Crippen LogP contribution in [0.5, 0.6) is 0 Å².